The number of carbonyl (C=O) groups is 2. The summed E-state index contributed by atoms with van der Waals surface area (Å²) in [5, 5.41) is 9.19. The Morgan fingerprint density at radius 2 is 2.00 bits per heavy atom. The van der Waals surface area contributed by atoms with Gasteiger partial charge in [-0.3, -0.25) is 14.5 Å². The molecule has 162 valence electrons. The van der Waals surface area contributed by atoms with Crippen molar-refractivity contribution in [3.63, 3.8) is 0 Å². The molecule has 4 heterocycles. The zero-order valence-electron chi connectivity index (χ0n) is 16.9. The monoisotopic (exact) mass is 428 g/mol. The molecule has 1 fully saturated rings. The highest BCUT2D eigenvalue weighted by Crippen LogP contribution is 2.23. The van der Waals surface area contributed by atoms with Crippen LogP contribution in [0.3, 0.4) is 0 Å². The van der Waals surface area contributed by atoms with E-state index in [9.17, 15) is 23.9 Å². The van der Waals surface area contributed by atoms with Crippen molar-refractivity contribution in [2.24, 2.45) is 0 Å². The van der Waals surface area contributed by atoms with Gasteiger partial charge < -0.3 is 19.0 Å². The molecular weight excluding hydrogens is 407 g/mol. The largest absolute Gasteiger partial charge is 0.477 e. The molecule has 1 aliphatic rings. The molecule has 0 saturated carbocycles. The molecule has 1 saturated heterocycles. The van der Waals surface area contributed by atoms with Gasteiger partial charge in [0, 0.05) is 38.9 Å². The molecule has 3 aromatic heterocycles. The predicted octanol–water partition coefficient (Wildman–Crippen LogP) is 1.85. The molecule has 1 aliphatic heterocycles. The normalized spacial score (nSPS) is 14.8. The van der Waals surface area contributed by atoms with E-state index in [-0.39, 0.29) is 29.2 Å². The first kappa shape index (κ1) is 20.7. The van der Waals surface area contributed by atoms with Crippen LogP contribution >= 0.6 is 0 Å². The smallest absolute Gasteiger partial charge is 0.341 e. The van der Waals surface area contributed by atoms with Crippen molar-refractivity contribution in [2.75, 3.05) is 37.6 Å². The maximum Gasteiger partial charge on any atom is 0.341 e. The van der Waals surface area contributed by atoms with Gasteiger partial charge >= 0.3 is 5.97 Å². The van der Waals surface area contributed by atoms with Crippen LogP contribution in [-0.4, -0.2) is 64.0 Å². The average Bonchev–Trinajstić information content (AvgIpc) is 3.30. The van der Waals surface area contributed by atoms with Crippen molar-refractivity contribution in [3.05, 3.63) is 58.0 Å². The summed E-state index contributed by atoms with van der Waals surface area (Å²) in [5.41, 5.74) is -0.415. The fraction of sp³-hybridized carbons (Fsp3) is 0.333. The third-order valence-electron chi connectivity index (χ3n) is 5.44. The maximum absolute atomic E-state index is 14.9. The van der Waals surface area contributed by atoms with Crippen molar-refractivity contribution in [1.82, 2.24) is 14.5 Å². The number of rotatable bonds is 6. The number of aromatic carboxylic acids is 1. The van der Waals surface area contributed by atoms with E-state index in [4.69, 9.17) is 4.42 Å². The van der Waals surface area contributed by atoms with Crippen LogP contribution in [0.5, 0.6) is 0 Å². The van der Waals surface area contributed by atoms with Crippen LogP contribution in [0.1, 0.15) is 27.6 Å². The van der Waals surface area contributed by atoms with Crippen molar-refractivity contribution in [2.45, 2.75) is 13.5 Å². The first-order valence-electron chi connectivity index (χ1n) is 9.88. The van der Waals surface area contributed by atoms with Crippen LogP contribution in [0.4, 0.5) is 10.2 Å². The number of aromatic nitrogens is 2. The highest BCUT2D eigenvalue weighted by Gasteiger charge is 2.25. The van der Waals surface area contributed by atoms with Gasteiger partial charge in [-0.2, -0.15) is 0 Å². The molecule has 10 heteroatoms. The lowest BCUT2D eigenvalue weighted by molar-refractivity contribution is 0.0694. The Bertz CT molecular complexity index is 1200. The molecule has 0 spiro atoms. The molecule has 4 rings (SSSR count). The standard InChI is InChI=1S/C21H21FN4O5/c1-2-25-10-15(21(29)30)18(28)14-9-16(22)20(23-19(14)25)26-6-4-24(5-7-26)11-17(27)13-3-8-31-12-13/h3,8-10,12H,2,4-7,11H2,1H3,(H,29,30). The van der Waals surface area contributed by atoms with E-state index in [2.05, 4.69) is 4.98 Å². The third kappa shape index (κ3) is 3.93. The quantitative estimate of drug-likeness (QED) is 0.593. The number of piperazine rings is 1. The van der Waals surface area contributed by atoms with Crippen LogP contribution in [0.15, 0.2) is 40.1 Å². The molecule has 0 unspecified atom stereocenters. The van der Waals surface area contributed by atoms with Crippen molar-refractivity contribution < 1.29 is 23.5 Å². The van der Waals surface area contributed by atoms with Crippen LogP contribution < -0.4 is 10.3 Å². The molecule has 0 amide bonds. The molecule has 3 aromatic rings. The topological polar surface area (TPSA) is 109 Å². The molecule has 0 aliphatic carbocycles. The average molecular weight is 428 g/mol. The number of halogens is 1. The highest BCUT2D eigenvalue weighted by molar-refractivity contribution is 5.97. The second-order valence-corrected chi connectivity index (χ2v) is 7.33. The molecule has 9 nitrogen and oxygen atoms in total. The Morgan fingerprint density at radius 3 is 2.61 bits per heavy atom. The van der Waals surface area contributed by atoms with Crippen LogP contribution in [0.25, 0.3) is 11.0 Å². The van der Waals surface area contributed by atoms with Gasteiger partial charge in [-0.05, 0) is 19.1 Å². The van der Waals surface area contributed by atoms with Crippen molar-refractivity contribution >= 4 is 28.6 Å². The van der Waals surface area contributed by atoms with E-state index in [1.54, 1.807) is 17.9 Å². The summed E-state index contributed by atoms with van der Waals surface area (Å²) in [6.45, 7) is 4.40. The minimum Gasteiger partial charge on any atom is -0.477 e. The number of hydrogen-bond acceptors (Lipinski definition) is 7. The van der Waals surface area contributed by atoms with Gasteiger partial charge in [0.2, 0.25) is 5.43 Å². The number of hydrogen-bond donors (Lipinski definition) is 1. The summed E-state index contributed by atoms with van der Waals surface area (Å²) >= 11 is 0. The summed E-state index contributed by atoms with van der Waals surface area (Å²) < 4.78 is 21.3. The van der Waals surface area contributed by atoms with E-state index in [0.29, 0.717) is 38.3 Å². The Hall–Kier alpha value is -3.53. The van der Waals surface area contributed by atoms with E-state index in [0.717, 1.165) is 6.07 Å². The lowest BCUT2D eigenvalue weighted by atomic mass is 10.1. The van der Waals surface area contributed by atoms with E-state index in [1.807, 2.05) is 4.90 Å². The van der Waals surface area contributed by atoms with E-state index in [1.165, 1.54) is 23.3 Å². The number of carboxylic acid groups (broad SMARTS) is 1. The van der Waals surface area contributed by atoms with Crippen LogP contribution in [0.2, 0.25) is 0 Å². The van der Waals surface area contributed by atoms with Gasteiger partial charge in [-0.15, -0.1) is 0 Å². The van der Waals surface area contributed by atoms with Crippen LogP contribution in [-0.2, 0) is 6.54 Å². The number of carbonyl (C=O) groups excluding carboxylic acids is 1. The van der Waals surface area contributed by atoms with Gasteiger partial charge in [-0.25, -0.2) is 14.2 Å². The zero-order chi connectivity index (χ0) is 22.1. The summed E-state index contributed by atoms with van der Waals surface area (Å²) in [6, 6.07) is 2.68. The molecule has 31 heavy (non-hydrogen) atoms. The molecule has 0 bridgehead atoms. The minimum atomic E-state index is -1.36. The van der Waals surface area contributed by atoms with Crippen LogP contribution in [0, 0.1) is 5.82 Å². The summed E-state index contributed by atoms with van der Waals surface area (Å²) in [5.74, 6) is -1.98. The Kier molecular flexibility index (Phi) is 5.55. The van der Waals surface area contributed by atoms with E-state index < -0.39 is 22.8 Å². The van der Waals surface area contributed by atoms with E-state index >= 15 is 0 Å². The zero-order valence-corrected chi connectivity index (χ0v) is 16.9. The third-order valence-corrected chi connectivity index (χ3v) is 5.44. The first-order chi connectivity index (χ1) is 14.9. The Balaban J connectivity index is 1.57. The molecule has 1 N–H and O–H groups in total. The molecule has 0 radical (unpaired) electrons. The number of furan rings is 1. The number of aryl methyl sites for hydroxylation is 1. The lowest BCUT2D eigenvalue weighted by Crippen LogP contribution is -2.48. The number of anilines is 1. The fourth-order valence-corrected chi connectivity index (χ4v) is 3.73. The maximum atomic E-state index is 14.9. The highest BCUT2D eigenvalue weighted by atomic mass is 19.1. The summed E-state index contributed by atoms with van der Waals surface area (Å²) in [6.07, 6.45) is 4.10. The number of Topliss-reactive ketones (excluding diaryl/α,β-unsaturated/α-hetero) is 1. The number of pyridine rings is 2. The number of fused-ring (bicyclic) bond motifs is 1. The van der Waals surface area contributed by atoms with Crippen molar-refractivity contribution in [3.8, 4) is 0 Å². The molecule has 0 aromatic carbocycles. The lowest BCUT2D eigenvalue weighted by Gasteiger charge is -2.35. The van der Waals surface area contributed by atoms with Gasteiger partial charge in [0.05, 0.1) is 23.8 Å². The van der Waals surface area contributed by atoms with Gasteiger partial charge in [0.1, 0.15) is 17.5 Å². The van der Waals surface area contributed by atoms with Gasteiger partial charge in [-0.1, -0.05) is 0 Å². The summed E-state index contributed by atoms with van der Waals surface area (Å²) in [4.78, 5) is 44.2. The summed E-state index contributed by atoms with van der Waals surface area (Å²) in [7, 11) is 0. The second kappa shape index (κ2) is 8.31. The Morgan fingerprint density at radius 1 is 1.26 bits per heavy atom. The molecule has 0 atom stereocenters. The molecular formula is C21H21FN4O5. The SMILES string of the molecule is CCn1cc(C(=O)O)c(=O)c2cc(F)c(N3CCN(CC(=O)c4ccoc4)CC3)nc21. The fourth-order valence-electron chi connectivity index (χ4n) is 3.73. The first-order valence-corrected chi connectivity index (χ1v) is 9.88. The number of nitrogens with zero attached hydrogens (tertiary/aromatic N) is 4. The van der Waals surface area contributed by atoms with Gasteiger partial charge in [0.15, 0.2) is 17.4 Å². The second-order valence-electron chi connectivity index (χ2n) is 7.33. The number of carboxylic acids is 1. The predicted molar refractivity (Wildman–Crippen MR) is 110 cm³/mol. The van der Waals surface area contributed by atoms with Gasteiger partial charge in [0.25, 0.3) is 0 Å². The Labute approximate surface area is 176 Å². The number of ketones is 1. The minimum absolute atomic E-state index is 0.0431. The van der Waals surface area contributed by atoms with Crippen molar-refractivity contribution in [1.29, 1.82) is 0 Å².